The molecular weight excluding hydrogens is 261 g/mol. The highest BCUT2D eigenvalue weighted by Gasteiger charge is 2.34. The quantitative estimate of drug-likeness (QED) is 0.912. The summed E-state index contributed by atoms with van der Waals surface area (Å²) in [6, 6.07) is 7.38. The van der Waals surface area contributed by atoms with Crippen LogP contribution in [0.25, 0.3) is 11.3 Å². The standard InChI is InChI=1S/C12H9F3N2O2/c1-19-9-5-3-2-4-7(9)8-6-10(18)17-11(16-8)12(13,14)15/h2-6H,1H3,(H,16,17,18). The fraction of sp³-hybridized carbons (Fsp3) is 0.167. The van der Waals surface area contributed by atoms with Gasteiger partial charge in [0.1, 0.15) is 5.75 Å². The van der Waals surface area contributed by atoms with Crippen LogP contribution in [0.5, 0.6) is 5.75 Å². The van der Waals surface area contributed by atoms with Crippen LogP contribution >= 0.6 is 0 Å². The Balaban J connectivity index is 2.63. The summed E-state index contributed by atoms with van der Waals surface area (Å²) in [4.78, 5) is 16.4. The molecule has 0 saturated carbocycles. The van der Waals surface area contributed by atoms with E-state index < -0.39 is 17.6 Å². The summed E-state index contributed by atoms with van der Waals surface area (Å²) in [5.41, 5.74) is -0.640. The molecule has 0 atom stereocenters. The molecule has 19 heavy (non-hydrogen) atoms. The van der Waals surface area contributed by atoms with Gasteiger partial charge in [-0.2, -0.15) is 13.2 Å². The molecule has 0 unspecified atom stereocenters. The number of hydrogen-bond acceptors (Lipinski definition) is 3. The highest BCUT2D eigenvalue weighted by molar-refractivity contribution is 5.66. The lowest BCUT2D eigenvalue weighted by Crippen LogP contribution is -2.18. The summed E-state index contributed by atoms with van der Waals surface area (Å²) in [6.07, 6.45) is -4.71. The van der Waals surface area contributed by atoms with Gasteiger partial charge in [0.05, 0.1) is 12.8 Å². The first-order chi connectivity index (χ1) is 8.91. The minimum Gasteiger partial charge on any atom is -0.496 e. The summed E-state index contributed by atoms with van der Waals surface area (Å²) in [5, 5.41) is 0. The third-order valence-electron chi connectivity index (χ3n) is 2.39. The summed E-state index contributed by atoms with van der Waals surface area (Å²) in [7, 11) is 1.39. The average Bonchev–Trinajstić information content (AvgIpc) is 2.37. The maximum atomic E-state index is 12.6. The molecule has 100 valence electrons. The van der Waals surface area contributed by atoms with Crippen molar-refractivity contribution in [3.05, 3.63) is 46.5 Å². The fourth-order valence-electron chi connectivity index (χ4n) is 1.59. The molecule has 2 rings (SSSR count). The number of aromatic amines is 1. The number of alkyl halides is 3. The smallest absolute Gasteiger partial charge is 0.449 e. The van der Waals surface area contributed by atoms with E-state index in [1.807, 2.05) is 0 Å². The van der Waals surface area contributed by atoms with Gasteiger partial charge in [-0.3, -0.25) is 4.79 Å². The molecule has 0 aliphatic carbocycles. The Kier molecular flexibility index (Phi) is 3.28. The minimum absolute atomic E-state index is 0.0893. The third-order valence-corrected chi connectivity index (χ3v) is 2.39. The summed E-state index contributed by atoms with van der Waals surface area (Å²) in [5.74, 6) is -0.991. The zero-order valence-corrected chi connectivity index (χ0v) is 9.78. The Morgan fingerprint density at radius 3 is 2.58 bits per heavy atom. The number of hydrogen-bond donors (Lipinski definition) is 1. The van der Waals surface area contributed by atoms with E-state index in [0.717, 1.165) is 6.07 Å². The Bertz CT molecular complexity index is 650. The molecule has 0 radical (unpaired) electrons. The maximum Gasteiger partial charge on any atom is 0.449 e. The van der Waals surface area contributed by atoms with Crippen LogP contribution in [0.15, 0.2) is 35.1 Å². The molecule has 1 aromatic heterocycles. The Labute approximate surface area is 105 Å². The summed E-state index contributed by atoms with van der Waals surface area (Å²) in [6.45, 7) is 0. The maximum absolute atomic E-state index is 12.6. The van der Waals surface area contributed by atoms with Crippen molar-refractivity contribution in [3.63, 3.8) is 0 Å². The second-order valence-electron chi connectivity index (χ2n) is 3.68. The number of aromatic nitrogens is 2. The van der Waals surface area contributed by atoms with Gasteiger partial charge in [-0.1, -0.05) is 12.1 Å². The van der Waals surface area contributed by atoms with Crippen LogP contribution in [-0.4, -0.2) is 17.1 Å². The Hall–Kier alpha value is -2.31. The third kappa shape index (κ3) is 2.75. The lowest BCUT2D eigenvalue weighted by Gasteiger charge is -2.10. The number of H-pyrrole nitrogens is 1. The number of para-hydroxylation sites is 1. The van der Waals surface area contributed by atoms with E-state index in [1.54, 1.807) is 23.2 Å². The van der Waals surface area contributed by atoms with Gasteiger partial charge in [-0.05, 0) is 12.1 Å². The van der Waals surface area contributed by atoms with Crippen molar-refractivity contribution in [2.24, 2.45) is 0 Å². The topological polar surface area (TPSA) is 55.0 Å². The van der Waals surface area contributed by atoms with Crippen LogP contribution < -0.4 is 10.3 Å². The van der Waals surface area contributed by atoms with E-state index in [4.69, 9.17) is 4.74 Å². The van der Waals surface area contributed by atoms with Crippen molar-refractivity contribution >= 4 is 0 Å². The van der Waals surface area contributed by atoms with E-state index in [2.05, 4.69) is 4.98 Å². The average molecular weight is 270 g/mol. The molecule has 0 spiro atoms. The largest absolute Gasteiger partial charge is 0.496 e. The van der Waals surface area contributed by atoms with E-state index in [0.29, 0.717) is 11.3 Å². The first-order valence-electron chi connectivity index (χ1n) is 5.24. The zero-order valence-electron chi connectivity index (χ0n) is 9.78. The summed E-state index contributed by atoms with van der Waals surface area (Å²) < 4.78 is 42.8. The van der Waals surface area contributed by atoms with E-state index in [-0.39, 0.29) is 5.69 Å². The Morgan fingerprint density at radius 2 is 1.95 bits per heavy atom. The predicted octanol–water partition coefficient (Wildman–Crippen LogP) is 2.46. The number of nitrogens with zero attached hydrogens (tertiary/aromatic N) is 1. The molecule has 7 heteroatoms. The molecule has 0 aliphatic rings. The highest BCUT2D eigenvalue weighted by atomic mass is 19.4. The second kappa shape index (κ2) is 4.75. The van der Waals surface area contributed by atoms with Crippen molar-refractivity contribution < 1.29 is 17.9 Å². The second-order valence-corrected chi connectivity index (χ2v) is 3.68. The molecule has 1 heterocycles. The van der Waals surface area contributed by atoms with Gasteiger partial charge in [0, 0.05) is 11.6 Å². The molecule has 0 amide bonds. The van der Waals surface area contributed by atoms with Crippen molar-refractivity contribution in [3.8, 4) is 17.0 Å². The van der Waals surface area contributed by atoms with E-state index >= 15 is 0 Å². The van der Waals surface area contributed by atoms with Crippen molar-refractivity contribution in [1.29, 1.82) is 0 Å². The van der Waals surface area contributed by atoms with Crippen LogP contribution in [0.3, 0.4) is 0 Å². The number of methoxy groups -OCH3 is 1. The van der Waals surface area contributed by atoms with Crippen LogP contribution in [0.1, 0.15) is 5.82 Å². The highest BCUT2D eigenvalue weighted by Crippen LogP contribution is 2.30. The molecule has 4 nitrogen and oxygen atoms in total. The molecule has 0 fully saturated rings. The number of rotatable bonds is 2. The SMILES string of the molecule is COc1ccccc1-c1cc(=O)[nH]c(C(F)(F)F)n1. The first-order valence-corrected chi connectivity index (χ1v) is 5.24. The minimum atomic E-state index is -4.71. The Morgan fingerprint density at radius 1 is 1.26 bits per heavy atom. The predicted molar refractivity (Wildman–Crippen MR) is 61.8 cm³/mol. The molecule has 1 aromatic carbocycles. The van der Waals surface area contributed by atoms with Crippen LogP contribution in [-0.2, 0) is 6.18 Å². The number of halogens is 3. The van der Waals surface area contributed by atoms with Gasteiger partial charge in [-0.25, -0.2) is 4.98 Å². The summed E-state index contributed by atoms with van der Waals surface area (Å²) >= 11 is 0. The lowest BCUT2D eigenvalue weighted by molar-refractivity contribution is -0.145. The number of ether oxygens (including phenoxy) is 1. The van der Waals surface area contributed by atoms with Gasteiger partial charge >= 0.3 is 6.18 Å². The molecular formula is C12H9F3N2O2. The number of benzene rings is 1. The molecule has 0 bridgehead atoms. The van der Waals surface area contributed by atoms with Gasteiger partial charge in [0.25, 0.3) is 5.56 Å². The van der Waals surface area contributed by atoms with Gasteiger partial charge < -0.3 is 9.72 Å². The van der Waals surface area contributed by atoms with Crippen molar-refractivity contribution in [2.45, 2.75) is 6.18 Å². The number of nitrogens with one attached hydrogen (secondary N) is 1. The van der Waals surface area contributed by atoms with E-state index in [9.17, 15) is 18.0 Å². The molecule has 2 aromatic rings. The van der Waals surface area contributed by atoms with E-state index in [1.165, 1.54) is 13.2 Å². The van der Waals surface area contributed by atoms with Gasteiger partial charge in [0.15, 0.2) is 0 Å². The monoisotopic (exact) mass is 270 g/mol. The molecule has 1 N–H and O–H groups in total. The zero-order chi connectivity index (χ0) is 14.0. The van der Waals surface area contributed by atoms with Crippen LogP contribution in [0.2, 0.25) is 0 Å². The molecule has 0 aliphatic heterocycles. The normalized spacial score (nSPS) is 11.4. The van der Waals surface area contributed by atoms with Gasteiger partial charge in [0.2, 0.25) is 5.82 Å². The lowest BCUT2D eigenvalue weighted by atomic mass is 10.1. The van der Waals surface area contributed by atoms with Crippen molar-refractivity contribution in [2.75, 3.05) is 7.11 Å². The van der Waals surface area contributed by atoms with Crippen molar-refractivity contribution in [1.82, 2.24) is 9.97 Å². The van der Waals surface area contributed by atoms with Crippen LogP contribution in [0.4, 0.5) is 13.2 Å². The van der Waals surface area contributed by atoms with Crippen LogP contribution in [0, 0.1) is 0 Å². The fourth-order valence-corrected chi connectivity index (χ4v) is 1.59. The first kappa shape index (κ1) is 13.1. The molecule has 0 saturated heterocycles. The van der Waals surface area contributed by atoms with Gasteiger partial charge in [-0.15, -0.1) is 0 Å².